The van der Waals surface area contributed by atoms with E-state index in [4.69, 9.17) is 4.42 Å². The molecular formula is C66H44N2O. The van der Waals surface area contributed by atoms with Gasteiger partial charge in [0.15, 0.2) is 0 Å². The van der Waals surface area contributed by atoms with Crippen LogP contribution in [0.25, 0.3) is 105 Å². The predicted molar refractivity (Wildman–Crippen MR) is 290 cm³/mol. The summed E-state index contributed by atoms with van der Waals surface area (Å²) in [5.74, 6) is 0. The number of aromatic nitrogens is 1. The molecule has 0 unspecified atom stereocenters. The summed E-state index contributed by atoms with van der Waals surface area (Å²) in [6, 6.07) is 96.2. The first-order valence-corrected chi connectivity index (χ1v) is 23.6. The van der Waals surface area contributed by atoms with Crippen molar-refractivity contribution in [3.05, 3.63) is 267 Å². The summed E-state index contributed by atoms with van der Waals surface area (Å²) < 4.78 is 8.52. The average molecular weight is 881 g/mol. The van der Waals surface area contributed by atoms with Crippen LogP contribution in [0.1, 0.15) is 0 Å². The molecule has 0 spiro atoms. The number of furan rings is 1. The van der Waals surface area contributed by atoms with Gasteiger partial charge in [-0.1, -0.05) is 170 Å². The zero-order valence-electron chi connectivity index (χ0n) is 37.7. The second kappa shape index (κ2) is 16.9. The third kappa shape index (κ3) is 7.34. The first-order valence-electron chi connectivity index (χ1n) is 23.6. The Morgan fingerprint density at radius 1 is 0.246 bits per heavy atom. The Hall–Kier alpha value is -9.18. The van der Waals surface area contributed by atoms with Gasteiger partial charge in [0.2, 0.25) is 0 Å². The minimum absolute atomic E-state index is 0.900. The summed E-state index contributed by atoms with van der Waals surface area (Å²) >= 11 is 0. The van der Waals surface area contributed by atoms with Gasteiger partial charge in [-0.2, -0.15) is 0 Å². The Morgan fingerprint density at radius 2 is 0.609 bits per heavy atom. The van der Waals surface area contributed by atoms with Crippen LogP contribution >= 0.6 is 0 Å². The van der Waals surface area contributed by atoms with Crippen molar-refractivity contribution in [3.8, 4) is 61.3 Å². The second-order valence-corrected chi connectivity index (χ2v) is 17.7. The third-order valence-electron chi connectivity index (χ3n) is 13.6. The van der Waals surface area contributed by atoms with Crippen molar-refractivity contribution in [2.24, 2.45) is 0 Å². The molecule has 2 heterocycles. The minimum atomic E-state index is 0.900. The van der Waals surface area contributed by atoms with Gasteiger partial charge in [0, 0.05) is 44.3 Å². The summed E-state index contributed by atoms with van der Waals surface area (Å²) in [5.41, 5.74) is 20.3. The normalized spacial score (nSPS) is 11.5. The quantitative estimate of drug-likeness (QED) is 0.144. The van der Waals surface area contributed by atoms with E-state index in [0.717, 1.165) is 66.9 Å². The zero-order chi connectivity index (χ0) is 45.7. The molecule has 0 N–H and O–H groups in total. The lowest BCUT2D eigenvalue weighted by atomic mass is 9.93. The summed E-state index contributed by atoms with van der Waals surface area (Å²) in [4.78, 5) is 2.35. The summed E-state index contributed by atoms with van der Waals surface area (Å²) in [6.45, 7) is 0. The number of fused-ring (bicyclic) bond motifs is 6. The van der Waals surface area contributed by atoms with Gasteiger partial charge in [-0.15, -0.1) is 0 Å². The van der Waals surface area contributed by atoms with Crippen LogP contribution in [0.2, 0.25) is 0 Å². The summed E-state index contributed by atoms with van der Waals surface area (Å²) in [7, 11) is 0. The maximum absolute atomic E-state index is 6.16. The number of nitrogens with zero attached hydrogens (tertiary/aromatic N) is 2. The molecule has 0 amide bonds. The van der Waals surface area contributed by atoms with Crippen molar-refractivity contribution >= 4 is 60.8 Å². The molecule has 3 heteroatoms. The third-order valence-corrected chi connectivity index (χ3v) is 13.6. The van der Waals surface area contributed by atoms with Gasteiger partial charge >= 0.3 is 0 Å². The molecule has 0 aliphatic rings. The highest BCUT2D eigenvalue weighted by atomic mass is 16.3. The van der Waals surface area contributed by atoms with Gasteiger partial charge in [0.25, 0.3) is 0 Å². The van der Waals surface area contributed by atoms with Crippen molar-refractivity contribution in [3.63, 3.8) is 0 Å². The monoisotopic (exact) mass is 880 g/mol. The zero-order valence-corrected chi connectivity index (χ0v) is 37.7. The fourth-order valence-corrected chi connectivity index (χ4v) is 10.2. The first kappa shape index (κ1) is 40.1. The van der Waals surface area contributed by atoms with E-state index in [9.17, 15) is 0 Å². The average Bonchev–Trinajstić information content (AvgIpc) is 3.98. The van der Waals surface area contributed by atoms with Crippen LogP contribution in [-0.4, -0.2) is 4.57 Å². The van der Waals surface area contributed by atoms with Crippen molar-refractivity contribution in [2.75, 3.05) is 4.90 Å². The number of hydrogen-bond acceptors (Lipinski definition) is 2. The molecule has 13 rings (SSSR count). The van der Waals surface area contributed by atoms with E-state index in [1.54, 1.807) is 0 Å². The van der Waals surface area contributed by atoms with Gasteiger partial charge in [-0.25, -0.2) is 0 Å². The molecule has 0 bridgehead atoms. The topological polar surface area (TPSA) is 21.3 Å². The number of anilines is 3. The van der Waals surface area contributed by atoms with E-state index in [1.165, 1.54) is 55.2 Å². The molecule has 0 atom stereocenters. The molecule has 0 radical (unpaired) electrons. The van der Waals surface area contributed by atoms with Crippen LogP contribution in [0.3, 0.4) is 0 Å². The molecule has 0 aliphatic heterocycles. The lowest BCUT2D eigenvalue weighted by Gasteiger charge is -2.26. The van der Waals surface area contributed by atoms with Crippen molar-refractivity contribution in [1.29, 1.82) is 0 Å². The molecule has 0 saturated heterocycles. The van der Waals surface area contributed by atoms with Crippen LogP contribution < -0.4 is 4.90 Å². The lowest BCUT2D eigenvalue weighted by Crippen LogP contribution is -2.09. The van der Waals surface area contributed by atoms with E-state index in [-0.39, 0.29) is 0 Å². The number of para-hydroxylation sites is 3. The van der Waals surface area contributed by atoms with Gasteiger partial charge < -0.3 is 13.9 Å². The molecule has 11 aromatic carbocycles. The Balaban J connectivity index is 0.864. The van der Waals surface area contributed by atoms with Crippen LogP contribution in [0.15, 0.2) is 271 Å². The molecule has 2 aromatic heterocycles. The molecule has 0 fully saturated rings. The predicted octanol–water partition coefficient (Wildman–Crippen LogP) is 18.5. The van der Waals surface area contributed by atoms with Crippen LogP contribution in [0.5, 0.6) is 0 Å². The van der Waals surface area contributed by atoms with Gasteiger partial charge in [-0.05, 0) is 153 Å². The highest BCUT2D eigenvalue weighted by Gasteiger charge is 2.17. The fraction of sp³-hybridized carbons (Fsp3) is 0. The van der Waals surface area contributed by atoms with Crippen molar-refractivity contribution in [2.45, 2.75) is 0 Å². The first-order chi connectivity index (χ1) is 34.2. The standard InChI is InChI=1S/C66H44N2O/c1-3-13-45(14-4-1)52-41-53(46-15-5-2-6-16-46)43-54(42-52)50-29-36-57(37-30-50)67(56-34-27-49(28-35-56)51-31-40-66-62(44-51)61-19-9-12-22-65(61)69-66)55-32-23-47(24-33-55)48-25-38-58(39-26-48)68-63-20-10-7-17-59(63)60-18-8-11-21-64(60)68/h1-44H. The van der Waals surface area contributed by atoms with Crippen LogP contribution in [-0.2, 0) is 0 Å². The van der Waals surface area contributed by atoms with E-state index in [0.29, 0.717) is 0 Å². The highest BCUT2D eigenvalue weighted by molar-refractivity contribution is 6.09. The highest BCUT2D eigenvalue weighted by Crippen LogP contribution is 2.41. The number of rotatable bonds is 9. The Morgan fingerprint density at radius 3 is 1.12 bits per heavy atom. The maximum Gasteiger partial charge on any atom is 0.135 e. The van der Waals surface area contributed by atoms with Crippen molar-refractivity contribution in [1.82, 2.24) is 4.57 Å². The second-order valence-electron chi connectivity index (χ2n) is 17.7. The number of hydrogen-bond donors (Lipinski definition) is 0. The molecule has 13 aromatic rings. The Labute approximate surface area is 401 Å². The SMILES string of the molecule is c1ccc(-c2cc(-c3ccccc3)cc(-c3ccc(N(c4ccc(-c5ccc(-n6c7ccccc7c7ccccc76)cc5)cc4)c4ccc(-c5ccc6oc7ccccc7c6c5)cc4)cc3)c2)cc1. The van der Waals surface area contributed by atoms with Crippen molar-refractivity contribution < 1.29 is 4.42 Å². The molecule has 69 heavy (non-hydrogen) atoms. The van der Waals surface area contributed by atoms with Crippen LogP contribution in [0.4, 0.5) is 17.1 Å². The van der Waals surface area contributed by atoms with E-state index >= 15 is 0 Å². The smallest absolute Gasteiger partial charge is 0.135 e. The Bertz CT molecular complexity index is 3850. The molecular weight excluding hydrogens is 837 g/mol. The minimum Gasteiger partial charge on any atom is -0.456 e. The van der Waals surface area contributed by atoms with Gasteiger partial charge in [0.1, 0.15) is 11.2 Å². The lowest BCUT2D eigenvalue weighted by molar-refractivity contribution is 0.669. The maximum atomic E-state index is 6.16. The largest absolute Gasteiger partial charge is 0.456 e. The fourth-order valence-electron chi connectivity index (χ4n) is 10.2. The van der Waals surface area contributed by atoms with Gasteiger partial charge in [-0.3, -0.25) is 0 Å². The van der Waals surface area contributed by atoms with E-state index in [2.05, 4.69) is 264 Å². The molecule has 0 saturated carbocycles. The van der Waals surface area contributed by atoms with Gasteiger partial charge in [0.05, 0.1) is 11.0 Å². The molecule has 3 nitrogen and oxygen atoms in total. The number of benzene rings is 11. The van der Waals surface area contributed by atoms with E-state index < -0.39 is 0 Å². The molecule has 324 valence electrons. The summed E-state index contributed by atoms with van der Waals surface area (Å²) in [5, 5.41) is 4.79. The summed E-state index contributed by atoms with van der Waals surface area (Å²) in [6.07, 6.45) is 0. The van der Waals surface area contributed by atoms with Crippen LogP contribution in [0, 0.1) is 0 Å². The van der Waals surface area contributed by atoms with E-state index in [1.807, 2.05) is 12.1 Å². The molecule has 0 aliphatic carbocycles. The Kier molecular flexibility index (Phi) is 9.84.